The minimum Gasteiger partial charge on any atom is -0.352 e. The number of carbonyl (C=O) groups is 3. The third-order valence-electron chi connectivity index (χ3n) is 9.54. The number of fused-ring (bicyclic) bond motifs is 2. The summed E-state index contributed by atoms with van der Waals surface area (Å²) < 4.78 is 0. The quantitative estimate of drug-likeness (QED) is 0.136. The van der Waals surface area contributed by atoms with Gasteiger partial charge in [-0.25, -0.2) is 0 Å². The summed E-state index contributed by atoms with van der Waals surface area (Å²) in [6.45, 7) is 4.72. The minimum absolute atomic E-state index is 0.0686. The van der Waals surface area contributed by atoms with Crippen LogP contribution in [-0.2, 0) is 0 Å². The molecule has 2 N–H and O–H groups in total. The van der Waals surface area contributed by atoms with E-state index in [1.807, 2.05) is 44.3 Å². The second-order valence-electron chi connectivity index (χ2n) is 11.6. The summed E-state index contributed by atoms with van der Waals surface area (Å²) in [6.07, 6.45) is 5.15. The molecule has 1 amide bonds. The van der Waals surface area contributed by atoms with Crippen molar-refractivity contribution in [2.45, 2.75) is 58.4 Å². The molecule has 1 fully saturated rings. The number of carbonyl (C=O) groups excluding carboxylic acids is 3. The largest absolute Gasteiger partial charge is 0.352 e. The maximum Gasteiger partial charge on any atom is 0.251 e. The third kappa shape index (κ3) is 3.75. The van der Waals surface area contributed by atoms with Gasteiger partial charge in [0, 0.05) is 40.4 Å². The molecule has 0 spiro atoms. The second-order valence-corrected chi connectivity index (χ2v) is 11.6. The van der Waals surface area contributed by atoms with Gasteiger partial charge >= 0.3 is 0 Å². The van der Waals surface area contributed by atoms with E-state index in [1.54, 1.807) is 0 Å². The van der Waals surface area contributed by atoms with E-state index in [0.717, 1.165) is 67.1 Å². The lowest BCUT2D eigenvalue weighted by Gasteiger charge is -2.24. The monoisotopic (exact) mass is 542 g/mol. The lowest BCUT2D eigenvalue weighted by Crippen LogP contribution is -2.33. The van der Waals surface area contributed by atoms with E-state index < -0.39 is 0 Å². The summed E-state index contributed by atoms with van der Waals surface area (Å²) in [5.41, 5.74) is 5.77. The van der Waals surface area contributed by atoms with E-state index in [-0.39, 0.29) is 23.5 Å². The Morgan fingerprint density at radius 2 is 1.39 bits per heavy atom. The fraction of sp³-hybridized carbons (Fsp3) is 0.306. The molecule has 1 aliphatic heterocycles. The highest BCUT2D eigenvalue weighted by Gasteiger charge is 2.27. The summed E-state index contributed by atoms with van der Waals surface area (Å²) in [4.78, 5) is 40.6. The molecule has 1 saturated carbocycles. The smallest absolute Gasteiger partial charge is 0.251 e. The maximum atomic E-state index is 14.0. The van der Waals surface area contributed by atoms with Gasteiger partial charge < -0.3 is 10.6 Å². The lowest BCUT2D eigenvalue weighted by atomic mass is 9.80. The number of hydrogen-bond donors (Lipinski definition) is 2. The normalized spacial score (nSPS) is 16.5. The number of amides is 1. The molecule has 0 saturated heterocycles. The van der Waals surface area contributed by atoms with E-state index in [2.05, 4.69) is 35.8 Å². The average Bonchev–Trinajstić information content (AvgIpc) is 3.01. The van der Waals surface area contributed by atoms with Crippen molar-refractivity contribution in [3.63, 3.8) is 0 Å². The van der Waals surface area contributed by atoms with Gasteiger partial charge in [0.25, 0.3) is 5.91 Å². The molecule has 2 aliphatic rings. The van der Waals surface area contributed by atoms with Crippen LogP contribution in [0.25, 0.3) is 48.7 Å². The van der Waals surface area contributed by atoms with E-state index in [9.17, 15) is 14.4 Å². The Hall–Kier alpha value is -4.09. The van der Waals surface area contributed by atoms with Crippen molar-refractivity contribution in [3.05, 3.63) is 76.4 Å². The van der Waals surface area contributed by atoms with Crippen molar-refractivity contribution < 1.29 is 14.4 Å². The van der Waals surface area contributed by atoms with Gasteiger partial charge in [-0.2, -0.15) is 0 Å². The van der Waals surface area contributed by atoms with E-state index >= 15 is 0 Å². The van der Waals surface area contributed by atoms with Crippen molar-refractivity contribution in [2.75, 3.05) is 13.6 Å². The second kappa shape index (κ2) is 9.78. The summed E-state index contributed by atoms with van der Waals surface area (Å²) in [6, 6.07) is 16.0. The minimum atomic E-state index is -0.264. The fourth-order valence-corrected chi connectivity index (χ4v) is 7.14. The van der Waals surface area contributed by atoms with Crippen LogP contribution in [0.5, 0.6) is 0 Å². The number of Topliss-reactive ketones (excluding diaryl/α,β-unsaturated/α-hetero) is 2. The zero-order chi connectivity index (χ0) is 28.4. The third-order valence-corrected chi connectivity index (χ3v) is 9.54. The van der Waals surface area contributed by atoms with Crippen LogP contribution < -0.4 is 10.6 Å². The Morgan fingerprint density at radius 1 is 0.780 bits per heavy atom. The molecule has 0 bridgehead atoms. The molecule has 5 nitrogen and oxygen atoms in total. The number of allylic oxidation sites excluding steroid dienone is 2. The van der Waals surface area contributed by atoms with Crippen LogP contribution in [0.2, 0.25) is 0 Å². The molecule has 1 unspecified atom stereocenters. The molecule has 1 atom stereocenters. The number of likely N-dealkylation sites (N-methyl/N-ethyl adjacent to an activating group) is 1. The van der Waals surface area contributed by atoms with Crippen molar-refractivity contribution in [1.29, 1.82) is 0 Å². The van der Waals surface area contributed by atoms with Crippen LogP contribution in [0.3, 0.4) is 0 Å². The van der Waals surface area contributed by atoms with Crippen LogP contribution in [0, 0.1) is 0 Å². The van der Waals surface area contributed by atoms with Gasteiger partial charge in [-0.3, -0.25) is 14.4 Å². The first-order valence-electron chi connectivity index (χ1n) is 14.9. The Labute approximate surface area is 239 Å². The number of hydrogen-bond acceptors (Lipinski definition) is 4. The van der Waals surface area contributed by atoms with Gasteiger partial charge in [0.15, 0.2) is 11.6 Å². The van der Waals surface area contributed by atoms with Gasteiger partial charge in [0.05, 0.1) is 6.04 Å². The Bertz CT molecular complexity index is 1880. The first kappa shape index (κ1) is 25.8. The Kier molecular flexibility index (Phi) is 6.16. The summed E-state index contributed by atoms with van der Waals surface area (Å²) in [7, 11) is 1.85. The highest BCUT2D eigenvalue weighted by Crippen LogP contribution is 2.46. The summed E-state index contributed by atoms with van der Waals surface area (Å²) in [5, 5.41) is 14.1. The first-order valence-corrected chi connectivity index (χ1v) is 14.9. The fourth-order valence-electron chi connectivity index (χ4n) is 7.14. The molecule has 0 aromatic heterocycles. The number of ketones is 2. The van der Waals surface area contributed by atoms with E-state index in [0.29, 0.717) is 36.9 Å². The molecule has 1 aliphatic carbocycles. The van der Waals surface area contributed by atoms with Gasteiger partial charge in [0.1, 0.15) is 0 Å². The van der Waals surface area contributed by atoms with Gasteiger partial charge in [-0.1, -0.05) is 55.0 Å². The topological polar surface area (TPSA) is 75.3 Å². The van der Waals surface area contributed by atoms with E-state index in [4.69, 9.17) is 0 Å². The van der Waals surface area contributed by atoms with Crippen LogP contribution in [0.15, 0.2) is 54.1 Å². The van der Waals surface area contributed by atoms with Crippen molar-refractivity contribution in [2.24, 2.45) is 0 Å². The average molecular weight is 543 g/mol. The first-order chi connectivity index (χ1) is 19.9. The van der Waals surface area contributed by atoms with Crippen molar-refractivity contribution in [1.82, 2.24) is 10.6 Å². The van der Waals surface area contributed by atoms with Crippen LogP contribution in [0.4, 0.5) is 0 Å². The zero-order valence-corrected chi connectivity index (χ0v) is 23.9. The zero-order valence-electron chi connectivity index (χ0n) is 23.9. The predicted octanol–water partition coefficient (Wildman–Crippen LogP) is 7.58. The molecular formula is C36H34N2O3. The van der Waals surface area contributed by atoms with Gasteiger partial charge in [0.2, 0.25) is 0 Å². The molecule has 7 rings (SSSR count). The van der Waals surface area contributed by atoms with Crippen molar-refractivity contribution in [3.8, 4) is 0 Å². The number of benzene rings is 5. The Morgan fingerprint density at radius 3 is 2.00 bits per heavy atom. The highest BCUT2D eigenvalue weighted by molar-refractivity contribution is 6.38. The molecule has 5 aromatic rings. The molecule has 5 heteroatoms. The van der Waals surface area contributed by atoms with Crippen LogP contribution in [0.1, 0.15) is 89.0 Å². The molecule has 0 radical (unpaired) electrons. The maximum absolute atomic E-state index is 14.0. The van der Waals surface area contributed by atoms with Crippen molar-refractivity contribution >= 4 is 66.1 Å². The van der Waals surface area contributed by atoms with E-state index in [1.165, 1.54) is 17.6 Å². The Balaban J connectivity index is 1.66. The molecule has 206 valence electrons. The molecule has 41 heavy (non-hydrogen) atoms. The van der Waals surface area contributed by atoms with Gasteiger partial charge in [-0.05, 0) is 95.6 Å². The predicted molar refractivity (Wildman–Crippen MR) is 167 cm³/mol. The molecular weight excluding hydrogens is 508 g/mol. The highest BCUT2D eigenvalue weighted by atomic mass is 16.2. The lowest BCUT2D eigenvalue weighted by molar-refractivity contribution is 0.0941. The SMILES string of the molecule is CCC(NC)C(=O)c1ccc2c3ccc4c5c(ccc(c6ccc(C(C)=C7CCC7)c1c26)c53)C(=O)NCCCC4=O. The summed E-state index contributed by atoms with van der Waals surface area (Å²) >= 11 is 0. The summed E-state index contributed by atoms with van der Waals surface area (Å²) in [5.74, 6) is 0.0325. The number of rotatable bonds is 5. The van der Waals surface area contributed by atoms with Crippen LogP contribution in [-0.4, -0.2) is 37.1 Å². The standard InChI is InChI=1S/C36H34N2O3/c1-4-29(37-3)35(40)27-16-13-24-23-12-15-26-30(39)9-6-18-38-36(41)28-17-14-25(33(23)34(26)28)22-11-10-21(31(27)32(22)24)19(2)20-7-5-8-20/h10-17,29,37H,4-9,18H2,1-3H3,(H,38,41). The molecule has 1 heterocycles. The molecule has 5 aromatic carbocycles. The number of nitrogens with one attached hydrogen (secondary N) is 2. The van der Waals surface area contributed by atoms with Gasteiger partial charge in [-0.15, -0.1) is 0 Å². The van der Waals surface area contributed by atoms with Crippen LogP contribution >= 0.6 is 0 Å².